The maximum absolute atomic E-state index is 12.5. The van der Waals surface area contributed by atoms with Gasteiger partial charge in [-0.05, 0) is 47.7 Å². The van der Waals surface area contributed by atoms with Crippen LogP contribution in [-0.4, -0.2) is 42.7 Å². The fraction of sp³-hybridized carbons (Fsp3) is 0.150. The van der Waals surface area contributed by atoms with Gasteiger partial charge in [0.15, 0.2) is 16.7 Å². The van der Waals surface area contributed by atoms with Crippen LogP contribution >= 0.6 is 11.8 Å². The number of likely N-dealkylation sites (N-methyl/N-ethyl adjacent to an activating group) is 1. The van der Waals surface area contributed by atoms with Crippen molar-refractivity contribution in [1.82, 2.24) is 4.90 Å². The van der Waals surface area contributed by atoms with Gasteiger partial charge in [0, 0.05) is 7.05 Å². The molecule has 144 valence electrons. The first kappa shape index (κ1) is 19.5. The van der Waals surface area contributed by atoms with Crippen molar-refractivity contribution < 1.29 is 24.2 Å². The smallest absolute Gasteiger partial charge is 0.266 e. The van der Waals surface area contributed by atoms with E-state index < -0.39 is 12.6 Å². The molecule has 1 amide bonds. The molecule has 2 aromatic rings. The molecule has 0 bridgehead atoms. The number of carboxylic acid groups (broad SMARTS) is 1. The maximum atomic E-state index is 12.5. The number of rotatable bonds is 6. The van der Waals surface area contributed by atoms with Crippen molar-refractivity contribution in [2.45, 2.75) is 0 Å². The van der Waals surface area contributed by atoms with Crippen LogP contribution < -0.4 is 14.6 Å². The Morgan fingerprint density at radius 2 is 1.96 bits per heavy atom. The van der Waals surface area contributed by atoms with E-state index in [9.17, 15) is 14.7 Å². The Morgan fingerprint density at radius 1 is 1.21 bits per heavy atom. The van der Waals surface area contributed by atoms with E-state index in [4.69, 9.17) is 9.47 Å². The number of amides is 1. The zero-order chi connectivity index (χ0) is 20.1. The van der Waals surface area contributed by atoms with Gasteiger partial charge in [-0.2, -0.15) is 0 Å². The molecule has 8 heteroatoms. The third-order valence-corrected chi connectivity index (χ3v) is 4.88. The minimum Gasteiger partial charge on any atom is -0.546 e. The Kier molecular flexibility index (Phi) is 6.00. The lowest BCUT2D eigenvalue weighted by atomic mass is 10.2. The molecule has 1 aliphatic rings. The Balaban J connectivity index is 1.84. The molecule has 0 atom stereocenters. The number of benzene rings is 2. The SMILES string of the molecule is COc1cc(/C=C2/SC(=Nc3ccccc3)N(C)C2=O)ccc1OCC(=O)[O-]. The number of aliphatic carboxylic acids is 1. The van der Waals surface area contributed by atoms with Crippen LogP contribution in [0.2, 0.25) is 0 Å². The van der Waals surface area contributed by atoms with Crippen molar-refractivity contribution in [3.05, 3.63) is 59.0 Å². The number of amidine groups is 1. The number of nitrogens with zero attached hydrogens (tertiary/aromatic N) is 2. The number of carbonyl (C=O) groups is 2. The number of carbonyl (C=O) groups excluding carboxylic acids is 2. The highest BCUT2D eigenvalue weighted by molar-refractivity contribution is 8.18. The summed E-state index contributed by atoms with van der Waals surface area (Å²) in [6.45, 7) is -0.574. The van der Waals surface area contributed by atoms with E-state index in [1.807, 2.05) is 30.3 Å². The van der Waals surface area contributed by atoms with Crippen molar-refractivity contribution in [3.8, 4) is 11.5 Å². The molecule has 2 aromatic carbocycles. The average molecular weight is 397 g/mol. The van der Waals surface area contributed by atoms with Crippen LogP contribution in [0.4, 0.5) is 5.69 Å². The normalized spacial score (nSPS) is 16.6. The minimum atomic E-state index is -1.32. The molecule has 0 aliphatic carbocycles. The number of thioether (sulfide) groups is 1. The van der Waals surface area contributed by atoms with Crippen LogP contribution in [0.3, 0.4) is 0 Å². The van der Waals surface area contributed by atoms with Crippen molar-refractivity contribution in [3.63, 3.8) is 0 Å². The van der Waals surface area contributed by atoms with Crippen molar-refractivity contribution in [1.29, 1.82) is 0 Å². The molecule has 7 nitrogen and oxygen atoms in total. The summed E-state index contributed by atoms with van der Waals surface area (Å²) in [5.41, 5.74) is 1.48. The molecule has 0 unspecified atom stereocenters. The van der Waals surface area contributed by atoms with Gasteiger partial charge in [-0.25, -0.2) is 4.99 Å². The van der Waals surface area contributed by atoms with E-state index in [1.54, 1.807) is 31.3 Å². The van der Waals surface area contributed by atoms with Gasteiger partial charge in [-0.15, -0.1) is 0 Å². The average Bonchev–Trinajstić information content (AvgIpc) is 2.95. The largest absolute Gasteiger partial charge is 0.546 e. The second kappa shape index (κ2) is 8.62. The topological polar surface area (TPSA) is 91.3 Å². The molecular weight excluding hydrogens is 380 g/mol. The van der Waals surface area contributed by atoms with Gasteiger partial charge in [0.05, 0.1) is 23.7 Å². The van der Waals surface area contributed by atoms with Crippen LogP contribution in [0.1, 0.15) is 5.56 Å². The van der Waals surface area contributed by atoms with Gasteiger partial charge in [-0.3, -0.25) is 9.69 Å². The molecule has 3 rings (SSSR count). The minimum absolute atomic E-state index is 0.157. The fourth-order valence-electron chi connectivity index (χ4n) is 2.45. The molecule has 0 N–H and O–H groups in total. The summed E-state index contributed by atoms with van der Waals surface area (Å²) in [6, 6.07) is 14.4. The van der Waals surface area contributed by atoms with Crippen molar-refractivity contribution >= 4 is 40.6 Å². The van der Waals surface area contributed by atoms with Gasteiger partial charge in [-0.1, -0.05) is 24.3 Å². The van der Waals surface area contributed by atoms with Crippen LogP contribution in [0.15, 0.2) is 58.4 Å². The highest BCUT2D eigenvalue weighted by Crippen LogP contribution is 2.35. The molecule has 28 heavy (non-hydrogen) atoms. The predicted octanol–water partition coefficient (Wildman–Crippen LogP) is 2.06. The van der Waals surface area contributed by atoms with Crippen molar-refractivity contribution in [2.24, 2.45) is 4.99 Å². The fourth-order valence-corrected chi connectivity index (χ4v) is 3.43. The highest BCUT2D eigenvalue weighted by Gasteiger charge is 2.30. The first-order valence-corrected chi connectivity index (χ1v) is 9.11. The monoisotopic (exact) mass is 397 g/mol. The summed E-state index contributed by atoms with van der Waals surface area (Å²) in [6.07, 6.45) is 1.72. The molecule has 1 saturated heterocycles. The number of methoxy groups -OCH3 is 1. The molecule has 0 saturated carbocycles. The van der Waals surface area contributed by atoms with E-state index in [0.717, 1.165) is 5.69 Å². The van der Waals surface area contributed by atoms with Gasteiger partial charge < -0.3 is 19.4 Å². The Labute approximate surface area is 166 Å². The van der Waals surface area contributed by atoms with E-state index in [-0.39, 0.29) is 11.7 Å². The Hall–Kier alpha value is -3.26. The van der Waals surface area contributed by atoms with Gasteiger partial charge in [0.2, 0.25) is 0 Å². The van der Waals surface area contributed by atoms with Crippen LogP contribution in [0.25, 0.3) is 6.08 Å². The summed E-state index contributed by atoms with van der Waals surface area (Å²) in [5, 5.41) is 11.1. The lowest BCUT2D eigenvalue weighted by Crippen LogP contribution is -2.29. The highest BCUT2D eigenvalue weighted by atomic mass is 32.2. The van der Waals surface area contributed by atoms with E-state index >= 15 is 0 Å². The first-order chi connectivity index (χ1) is 13.5. The summed E-state index contributed by atoms with van der Waals surface area (Å²) in [4.78, 5) is 29.6. The Bertz CT molecular complexity index is 956. The van der Waals surface area contributed by atoms with Gasteiger partial charge in [0.25, 0.3) is 5.91 Å². The molecular formula is C20H17N2O5S-. The molecule has 1 fully saturated rings. The number of hydrogen-bond donors (Lipinski definition) is 0. The van der Waals surface area contributed by atoms with Gasteiger partial charge in [0.1, 0.15) is 6.61 Å². The third kappa shape index (κ3) is 4.52. The Morgan fingerprint density at radius 3 is 2.64 bits per heavy atom. The maximum Gasteiger partial charge on any atom is 0.266 e. The molecule has 0 spiro atoms. The van der Waals surface area contributed by atoms with Crippen LogP contribution in [0.5, 0.6) is 11.5 Å². The number of para-hydroxylation sites is 1. The molecule has 1 aliphatic heterocycles. The van der Waals surface area contributed by atoms with Crippen LogP contribution in [0, 0.1) is 0 Å². The molecule has 0 radical (unpaired) electrons. The number of hydrogen-bond acceptors (Lipinski definition) is 7. The standard InChI is InChI=1S/C20H18N2O5S/c1-22-19(25)17(28-20(22)21-14-6-4-3-5-7-14)11-13-8-9-15(16(10-13)26-2)27-12-18(23)24/h3-11H,12H2,1-2H3,(H,23,24)/p-1/b17-11+,21-20?. The van der Waals surface area contributed by atoms with Gasteiger partial charge >= 0.3 is 0 Å². The quantitative estimate of drug-likeness (QED) is 0.693. The lowest BCUT2D eigenvalue weighted by molar-refractivity contribution is -0.307. The van der Waals surface area contributed by atoms with Crippen molar-refractivity contribution in [2.75, 3.05) is 20.8 Å². The molecule has 1 heterocycles. The lowest BCUT2D eigenvalue weighted by Gasteiger charge is -2.11. The van der Waals surface area contributed by atoms with E-state index in [2.05, 4.69) is 4.99 Å². The predicted molar refractivity (Wildman–Crippen MR) is 105 cm³/mol. The second-order valence-electron chi connectivity index (χ2n) is 5.78. The second-order valence-corrected chi connectivity index (χ2v) is 6.78. The number of aliphatic imine (C=N–C) groups is 1. The summed E-state index contributed by atoms with van der Waals surface area (Å²) < 4.78 is 10.4. The zero-order valence-corrected chi connectivity index (χ0v) is 16.1. The summed E-state index contributed by atoms with van der Waals surface area (Å²) in [7, 11) is 3.13. The number of ether oxygens (including phenoxy) is 2. The van der Waals surface area contributed by atoms with E-state index in [1.165, 1.54) is 23.8 Å². The van der Waals surface area contributed by atoms with E-state index in [0.29, 0.717) is 21.4 Å². The number of carboxylic acids is 1. The summed E-state index contributed by atoms with van der Waals surface area (Å²) >= 11 is 1.28. The first-order valence-electron chi connectivity index (χ1n) is 8.30. The third-order valence-electron chi connectivity index (χ3n) is 3.82. The summed E-state index contributed by atoms with van der Waals surface area (Å²) in [5.74, 6) is -0.842. The molecule has 0 aromatic heterocycles. The zero-order valence-electron chi connectivity index (χ0n) is 15.2. The van der Waals surface area contributed by atoms with Crippen LogP contribution in [-0.2, 0) is 9.59 Å².